The van der Waals surface area contributed by atoms with E-state index in [1.807, 2.05) is 6.20 Å². The molecule has 21 heavy (non-hydrogen) atoms. The molecule has 0 radical (unpaired) electrons. The first-order chi connectivity index (χ1) is 10.4. The number of fused-ring (bicyclic) bond motifs is 2. The van der Waals surface area contributed by atoms with Crippen LogP contribution in [-0.4, -0.2) is 40.4 Å². The lowest BCUT2D eigenvalue weighted by Crippen LogP contribution is -2.51. The summed E-state index contributed by atoms with van der Waals surface area (Å²) in [7, 11) is 0. The summed E-state index contributed by atoms with van der Waals surface area (Å²) in [6, 6.07) is 5.45. The molecule has 0 aliphatic carbocycles. The summed E-state index contributed by atoms with van der Waals surface area (Å²) in [6.07, 6.45) is 7.88. The Morgan fingerprint density at radius 1 is 1.19 bits per heavy atom. The summed E-state index contributed by atoms with van der Waals surface area (Å²) in [5.41, 5.74) is 1.07. The summed E-state index contributed by atoms with van der Waals surface area (Å²) >= 11 is 0. The third-order valence-corrected chi connectivity index (χ3v) is 4.23. The van der Waals surface area contributed by atoms with Crippen molar-refractivity contribution in [3.8, 4) is 5.75 Å². The number of piperazine rings is 1. The highest BCUT2D eigenvalue weighted by Crippen LogP contribution is 2.24. The molecule has 2 aliphatic rings. The molecule has 0 saturated carbocycles. The number of aromatic nitrogens is 3. The zero-order valence-corrected chi connectivity index (χ0v) is 11.8. The Morgan fingerprint density at radius 2 is 2.05 bits per heavy atom. The van der Waals surface area contributed by atoms with Gasteiger partial charge in [-0.2, -0.15) is 5.10 Å². The van der Waals surface area contributed by atoms with Crippen LogP contribution in [-0.2, 0) is 6.61 Å². The van der Waals surface area contributed by atoms with Crippen molar-refractivity contribution < 1.29 is 4.74 Å². The quantitative estimate of drug-likeness (QED) is 0.887. The third kappa shape index (κ3) is 2.71. The normalized spacial score (nSPS) is 24.3. The second-order valence-corrected chi connectivity index (χ2v) is 5.79. The van der Waals surface area contributed by atoms with Crippen LogP contribution < -0.4 is 15.0 Å². The first kappa shape index (κ1) is 12.6. The van der Waals surface area contributed by atoms with Gasteiger partial charge < -0.3 is 15.0 Å². The fourth-order valence-electron chi connectivity index (χ4n) is 3.16. The Hall–Kier alpha value is -2.08. The number of H-pyrrole nitrogens is 1. The van der Waals surface area contributed by atoms with E-state index in [4.69, 9.17) is 4.74 Å². The Kier molecular flexibility index (Phi) is 3.23. The van der Waals surface area contributed by atoms with Crippen LogP contribution in [0.5, 0.6) is 5.75 Å². The summed E-state index contributed by atoms with van der Waals surface area (Å²) in [5, 5.41) is 10.2. The number of aromatic amines is 1. The van der Waals surface area contributed by atoms with Gasteiger partial charge in [0.15, 0.2) is 5.75 Å². The Balaban J connectivity index is 1.39. The SMILES string of the molecule is c1cc(N2CC3CCC(C2)N3)ncc1COc1cn[nH]c1. The van der Waals surface area contributed by atoms with E-state index in [0.29, 0.717) is 18.7 Å². The second-order valence-electron chi connectivity index (χ2n) is 5.79. The number of hydrogen-bond acceptors (Lipinski definition) is 5. The van der Waals surface area contributed by atoms with Crippen molar-refractivity contribution >= 4 is 5.82 Å². The van der Waals surface area contributed by atoms with Crippen LogP contribution in [0.1, 0.15) is 18.4 Å². The van der Waals surface area contributed by atoms with Gasteiger partial charge in [0.1, 0.15) is 12.4 Å². The van der Waals surface area contributed by atoms with Crippen LogP contribution in [0.4, 0.5) is 5.82 Å². The molecule has 2 fully saturated rings. The molecule has 2 unspecified atom stereocenters. The van der Waals surface area contributed by atoms with E-state index in [1.54, 1.807) is 12.4 Å². The Labute approximate surface area is 123 Å². The molecule has 2 saturated heterocycles. The lowest BCUT2D eigenvalue weighted by atomic mass is 10.2. The molecule has 2 atom stereocenters. The largest absolute Gasteiger partial charge is 0.486 e. The van der Waals surface area contributed by atoms with Crippen LogP contribution in [0.15, 0.2) is 30.7 Å². The zero-order valence-electron chi connectivity index (χ0n) is 11.8. The molecule has 2 aliphatic heterocycles. The minimum Gasteiger partial charge on any atom is -0.486 e. The molecule has 0 aromatic carbocycles. The molecule has 4 rings (SSSR count). The molecule has 6 nitrogen and oxygen atoms in total. The molecule has 2 aromatic rings. The molecule has 0 spiro atoms. The standard InChI is InChI=1S/C15H19N5O/c1-4-15(20-8-12-2-3-13(9-20)19-12)16-5-11(1)10-21-14-6-17-18-7-14/h1,4-7,12-13,19H,2-3,8-10H2,(H,17,18). The summed E-state index contributed by atoms with van der Waals surface area (Å²) in [5.74, 6) is 1.82. The van der Waals surface area contributed by atoms with Gasteiger partial charge in [-0.15, -0.1) is 0 Å². The number of rotatable bonds is 4. The lowest BCUT2D eigenvalue weighted by molar-refractivity contribution is 0.306. The minimum absolute atomic E-state index is 0.514. The monoisotopic (exact) mass is 285 g/mol. The highest BCUT2D eigenvalue weighted by molar-refractivity contribution is 5.41. The van der Waals surface area contributed by atoms with E-state index in [1.165, 1.54) is 12.8 Å². The van der Waals surface area contributed by atoms with Gasteiger partial charge in [0.25, 0.3) is 0 Å². The number of hydrogen-bond donors (Lipinski definition) is 2. The minimum atomic E-state index is 0.514. The summed E-state index contributed by atoms with van der Waals surface area (Å²) in [4.78, 5) is 6.98. The molecule has 2 N–H and O–H groups in total. The predicted octanol–water partition coefficient (Wildman–Crippen LogP) is 1.32. The smallest absolute Gasteiger partial charge is 0.157 e. The summed E-state index contributed by atoms with van der Waals surface area (Å²) in [6.45, 7) is 2.64. The lowest BCUT2D eigenvalue weighted by Gasteiger charge is -2.33. The highest BCUT2D eigenvalue weighted by atomic mass is 16.5. The third-order valence-electron chi connectivity index (χ3n) is 4.23. The first-order valence-electron chi connectivity index (χ1n) is 7.44. The number of nitrogens with one attached hydrogen (secondary N) is 2. The van der Waals surface area contributed by atoms with Gasteiger partial charge in [-0.3, -0.25) is 5.10 Å². The molecular weight excluding hydrogens is 266 g/mol. The average Bonchev–Trinajstić information content (AvgIpc) is 3.15. The second kappa shape index (κ2) is 5.37. The van der Waals surface area contributed by atoms with Crippen LogP contribution in [0.3, 0.4) is 0 Å². The van der Waals surface area contributed by atoms with E-state index in [0.717, 1.165) is 30.2 Å². The van der Waals surface area contributed by atoms with Crippen molar-refractivity contribution in [1.82, 2.24) is 20.5 Å². The van der Waals surface area contributed by atoms with Gasteiger partial charge in [-0.05, 0) is 18.9 Å². The predicted molar refractivity (Wildman–Crippen MR) is 79.3 cm³/mol. The van der Waals surface area contributed by atoms with Crippen LogP contribution in [0.25, 0.3) is 0 Å². The summed E-state index contributed by atoms with van der Waals surface area (Å²) < 4.78 is 5.60. The number of ether oxygens (including phenoxy) is 1. The van der Waals surface area contributed by atoms with E-state index in [-0.39, 0.29) is 0 Å². The molecular formula is C15H19N5O. The molecule has 4 heterocycles. The van der Waals surface area contributed by atoms with Crippen molar-refractivity contribution in [1.29, 1.82) is 0 Å². The van der Waals surface area contributed by atoms with Gasteiger partial charge in [0.2, 0.25) is 0 Å². The number of anilines is 1. The average molecular weight is 285 g/mol. The van der Waals surface area contributed by atoms with Crippen LogP contribution in [0.2, 0.25) is 0 Å². The van der Waals surface area contributed by atoms with Crippen molar-refractivity contribution in [2.75, 3.05) is 18.0 Å². The van der Waals surface area contributed by atoms with E-state index < -0.39 is 0 Å². The van der Waals surface area contributed by atoms with Gasteiger partial charge in [-0.25, -0.2) is 4.98 Å². The van der Waals surface area contributed by atoms with Gasteiger partial charge in [-0.1, -0.05) is 6.07 Å². The molecule has 2 aromatic heterocycles. The number of pyridine rings is 1. The van der Waals surface area contributed by atoms with E-state index in [9.17, 15) is 0 Å². The van der Waals surface area contributed by atoms with Gasteiger partial charge in [0.05, 0.1) is 12.4 Å². The Morgan fingerprint density at radius 3 is 2.71 bits per heavy atom. The highest BCUT2D eigenvalue weighted by Gasteiger charge is 2.32. The maximum absolute atomic E-state index is 5.60. The van der Waals surface area contributed by atoms with E-state index in [2.05, 4.69) is 37.5 Å². The maximum Gasteiger partial charge on any atom is 0.157 e. The molecule has 6 heteroatoms. The van der Waals surface area contributed by atoms with Crippen molar-refractivity contribution in [2.24, 2.45) is 0 Å². The van der Waals surface area contributed by atoms with Crippen LogP contribution in [0, 0.1) is 0 Å². The maximum atomic E-state index is 5.60. The molecule has 0 amide bonds. The van der Waals surface area contributed by atoms with Crippen LogP contribution >= 0.6 is 0 Å². The van der Waals surface area contributed by atoms with E-state index >= 15 is 0 Å². The zero-order chi connectivity index (χ0) is 14.1. The van der Waals surface area contributed by atoms with Gasteiger partial charge >= 0.3 is 0 Å². The first-order valence-corrected chi connectivity index (χ1v) is 7.44. The van der Waals surface area contributed by atoms with Crippen molar-refractivity contribution in [3.63, 3.8) is 0 Å². The number of nitrogens with zero attached hydrogens (tertiary/aromatic N) is 3. The molecule has 2 bridgehead atoms. The Bertz CT molecular complexity index is 571. The van der Waals surface area contributed by atoms with Gasteiger partial charge in [0, 0.05) is 36.9 Å². The fraction of sp³-hybridized carbons (Fsp3) is 0.467. The van der Waals surface area contributed by atoms with Crippen molar-refractivity contribution in [3.05, 3.63) is 36.3 Å². The topological polar surface area (TPSA) is 66.1 Å². The van der Waals surface area contributed by atoms with Crippen molar-refractivity contribution in [2.45, 2.75) is 31.5 Å². The molecule has 110 valence electrons. The fourth-order valence-corrected chi connectivity index (χ4v) is 3.16.